The van der Waals surface area contributed by atoms with E-state index in [4.69, 9.17) is 4.42 Å². The second kappa shape index (κ2) is 14.6. The summed E-state index contributed by atoms with van der Waals surface area (Å²) in [5, 5.41) is 7.39. The zero-order valence-electron chi connectivity index (χ0n) is 32.4. The third-order valence-corrected chi connectivity index (χ3v) is 12.5. The molecule has 1 heterocycles. The molecular formula is C56H43NO. The normalized spacial score (nSPS) is 13.4. The molecule has 1 fully saturated rings. The van der Waals surface area contributed by atoms with Crippen LogP contribution in [0.2, 0.25) is 0 Å². The van der Waals surface area contributed by atoms with Crippen molar-refractivity contribution in [3.63, 3.8) is 0 Å². The average Bonchev–Trinajstić information content (AvgIpc) is 3.69. The lowest BCUT2D eigenvalue weighted by atomic mass is 9.80. The number of hydrogen-bond donors (Lipinski definition) is 0. The predicted octanol–water partition coefficient (Wildman–Crippen LogP) is 16.4. The third kappa shape index (κ3) is 5.79. The Morgan fingerprint density at radius 2 is 0.845 bits per heavy atom. The second-order valence-corrected chi connectivity index (χ2v) is 15.8. The van der Waals surface area contributed by atoms with E-state index in [0.717, 1.165) is 50.1 Å². The van der Waals surface area contributed by atoms with Gasteiger partial charge in [0, 0.05) is 33.0 Å². The van der Waals surface area contributed by atoms with Crippen molar-refractivity contribution >= 4 is 60.5 Å². The predicted molar refractivity (Wildman–Crippen MR) is 246 cm³/mol. The van der Waals surface area contributed by atoms with Gasteiger partial charge in [-0.3, -0.25) is 0 Å². The van der Waals surface area contributed by atoms with Crippen LogP contribution in [0.4, 0.5) is 17.1 Å². The summed E-state index contributed by atoms with van der Waals surface area (Å²) in [6.07, 6.45) is 6.43. The van der Waals surface area contributed by atoms with Crippen LogP contribution in [0, 0.1) is 0 Å². The maximum atomic E-state index is 6.72. The first-order valence-corrected chi connectivity index (χ1v) is 20.8. The van der Waals surface area contributed by atoms with Crippen LogP contribution in [-0.4, -0.2) is 0 Å². The van der Waals surface area contributed by atoms with Crippen molar-refractivity contribution in [2.45, 2.75) is 38.0 Å². The monoisotopic (exact) mass is 745 g/mol. The van der Waals surface area contributed by atoms with E-state index in [0.29, 0.717) is 5.92 Å². The van der Waals surface area contributed by atoms with Crippen LogP contribution in [0.5, 0.6) is 0 Å². The fourth-order valence-corrected chi connectivity index (χ4v) is 9.85. The lowest BCUT2D eigenvalue weighted by Gasteiger charge is -2.32. The number of benzene rings is 9. The minimum absolute atomic E-state index is 0.568. The van der Waals surface area contributed by atoms with Gasteiger partial charge in [-0.1, -0.05) is 189 Å². The standard InChI is InChI=1S/C56H43NO/c1-2-18-39(19-3-1)42-29-15-22-40-23-16-31-48(55(40)42)45-26-7-11-35-52(45)57(51-34-10-6-25-44(51)43-30-14-21-38-20-4-5-24-41(38)43)53-36-12-8-27-46(53)49-32-17-33-50-47-28-9-13-37-54(47)58-56(49)50/h4-17,20-37,39H,1-3,18-19H2. The molecule has 0 saturated heterocycles. The molecule has 9 aromatic carbocycles. The number of hydrogen-bond acceptors (Lipinski definition) is 2. The van der Waals surface area contributed by atoms with E-state index in [1.807, 2.05) is 6.07 Å². The fraction of sp³-hybridized carbons (Fsp3) is 0.107. The van der Waals surface area contributed by atoms with Gasteiger partial charge in [0.15, 0.2) is 0 Å². The van der Waals surface area contributed by atoms with Crippen molar-refractivity contribution in [1.29, 1.82) is 0 Å². The molecule has 1 aromatic heterocycles. The first kappa shape index (κ1) is 34.4. The minimum atomic E-state index is 0.568. The summed E-state index contributed by atoms with van der Waals surface area (Å²) in [5.41, 5.74) is 13.7. The zero-order chi connectivity index (χ0) is 38.4. The van der Waals surface area contributed by atoms with Crippen LogP contribution in [0.3, 0.4) is 0 Å². The van der Waals surface area contributed by atoms with Crippen LogP contribution in [0.25, 0.3) is 76.9 Å². The van der Waals surface area contributed by atoms with Crippen molar-refractivity contribution in [3.05, 3.63) is 200 Å². The van der Waals surface area contributed by atoms with Crippen molar-refractivity contribution in [2.75, 3.05) is 4.90 Å². The largest absolute Gasteiger partial charge is 0.455 e. The maximum absolute atomic E-state index is 6.72. The molecule has 1 aliphatic rings. The molecule has 10 aromatic rings. The van der Waals surface area contributed by atoms with Crippen LogP contribution in [0.15, 0.2) is 199 Å². The van der Waals surface area contributed by atoms with Crippen LogP contribution >= 0.6 is 0 Å². The molecule has 1 aliphatic carbocycles. The summed E-state index contributed by atoms with van der Waals surface area (Å²) in [6, 6.07) is 71.0. The van der Waals surface area contributed by atoms with Crippen LogP contribution in [-0.2, 0) is 0 Å². The summed E-state index contributed by atoms with van der Waals surface area (Å²) in [6.45, 7) is 0. The van der Waals surface area contributed by atoms with E-state index < -0.39 is 0 Å². The zero-order valence-corrected chi connectivity index (χ0v) is 32.4. The van der Waals surface area contributed by atoms with Gasteiger partial charge in [-0.25, -0.2) is 0 Å². The minimum Gasteiger partial charge on any atom is -0.455 e. The maximum Gasteiger partial charge on any atom is 0.143 e. The molecule has 0 N–H and O–H groups in total. The molecule has 0 atom stereocenters. The van der Waals surface area contributed by atoms with E-state index in [9.17, 15) is 0 Å². The molecule has 278 valence electrons. The Hall–Kier alpha value is -6.90. The Bertz CT molecular complexity index is 3120. The quantitative estimate of drug-likeness (QED) is 0.162. The molecule has 0 bridgehead atoms. The summed E-state index contributed by atoms with van der Waals surface area (Å²) in [5.74, 6) is 0.568. The number of anilines is 3. The molecule has 0 aliphatic heterocycles. The van der Waals surface area contributed by atoms with Crippen molar-refractivity contribution < 1.29 is 4.42 Å². The van der Waals surface area contributed by atoms with Crippen LogP contribution < -0.4 is 4.90 Å². The molecule has 2 heteroatoms. The number of fused-ring (bicyclic) bond motifs is 5. The van der Waals surface area contributed by atoms with Crippen LogP contribution in [0.1, 0.15) is 43.6 Å². The molecule has 2 nitrogen and oxygen atoms in total. The number of rotatable bonds is 7. The highest BCUT2D eigenvalue weighted by molar-refractivity contribution is 6.12. The Labute approximate surface area is 339 Å². The molecule has 0 radical (unpaired) electrons. The average molecular weight is 746 g/mol. The van der Waals surface area contributed by atoms with Gasteiger partial charge in [-0.2, -0.15) is 0 Å². The smallest absolute Gasteiger partial charge is 0.143 e. The van der Waals surface area contributed by atoms with Crippen molar-refractivity contribution in [1.82, 2.24) is 0 Å². The van der Waals surface area contributed by atoms with Gasteiger partial charge in [0.1, 0.15) is 11.2 Å². The second-order valence-electron chi connectivity index (χ2n) is 15.8. The highest BCUT2D eigenvalue weighted by Gasteiger charge is 2.26. The van der Waals surface area contributed by atoms with Gasteiger partial charge in [0.2, 0.25) is 0 Å². The molecule has 0 amide bonds. The Kier molecular flexibility index (Phi) is 8.62. The molecule has 58 heavy (non-hydrogen) atoms. The molecular weight excluding hydrogens is 703 g/mol. The van der Waals surface area contributed by atoms with Gasteiger partial charge < -0.3 is 9.32 Å². The van der Waals surface area contributed by atoms with E-state index >= 15 is 0 Å². The Balaban J connectivity index is 1.21. The van der Waals surface area contributed by atoms with Crippen molar-refractivity contribution in [2.24, 2.45) is 0 Å². The highest BCUT2D eigenvalue weighted by Crippen LogP contribution is 2.51. The van der Waals surface area contributed by atoms with E-state index in [1.165, 1.54) is 81.5 Å². The lowest BCUT2D eigenvalue weighted by Crippen LogP contribution is -2.14. The molecule has 11 rings (SSSR count). The Morgan fingerprint density at radius 3 is 1.59 bits per heavy atom. The summed E-state index contributed by atoms with van der Waals surface area (Å²) < 4.78 is 6.72. The lowest BCUT2D eigenvalue weighted by molar-refractivity contribution is 0.445. The van der Waals surface area contributed by atoms with Gasteiger partial charge in [-0.05, 0) is 81.3 Å². The van der Waals surface area contributed by atoms with Gasteiger partial charge >= 0.3 is 0 Å². The summed E-state index contributed by atoms with van der Waals surface area (Å²) in [4.78, 5) is 2.52. The van der Waals surface area contributed by atoms with Gasteiger partial charge in [-0.15, -0.1) is 0 Å². The number of furan rings is 1. The molecule has 0 spiro atoms. The molecule has 1 saturated carbocycles. The van der Waals surface area contributed by atoms with Crippen molar-refractivity contribution in [3.8, 4) is 33.4 Å². The summed E-state index contributed by atoms with van der Waals surface area (Å²) >= 11 is 0. The third-order valence-electron chi connectivity index (χ3n) is 12.5. The SMILES string of the molecule is c1ccc(N(c2ccccc2-c2cccc3c2oc2ccccc23)c2ccccc2-c2cccc3cccc(C4CCCCC4)c23)c(-c2cccc3ccccc23)c1. The highest BCUT2D eigenvalue weighted by atomic mass is 16.3. The van der Waals surface area contributed by atoms with Gasteiger partial charge in [0.25, 0.3) is 0 Å². The number of para-hydroxylation sites is 5. The first-order valence-electron chi connectivity index (χ1n) is 20.8. The van der Waals surface area contributed by atoms with E-state index in [-0.39, 0.29) is 0 Å². The first-order chi connectivity index (χ1) is 28.8. The number of nitrogens with zero attached hydrogens (tertiary/aromatic N) is 1. The van der Waals surface area contributed by atoms with Gasteiger partial charge in [0.05, 0.1) is 17.1 Å². The summed E-state index contributed by atoms with van der Waals surface area (Å²) in [7, 11) is 0. The van der Waals surface area contributed by atoms with E-state index in [1.54, 1.807) is 0 Å². The fourth-order valence-electron chi connectivity index (χ4n) is 9.85. The topological polar surface area (TPSA) is 16.4 Å². The molecule has 0 unspecified atom stereocenters. The Morgan fingerprint density at radius 1 is 0.362 bits per heavy atom. The van der Waals surface area contributed by atoms with E-state index in [2.05, 4.69) is 193 Å².